The van der Waals surface area contributed by atoms with Crippen molar-refractivity contribution in [2.45, 2.75) is 12.8 Å². The molecule has 2 aromatic heterocycles. The molecule has 0 bridgehead atoms. The van der Waals surface area contributed by atoms with E-state index in [0.717, 1.165) is 56.9 Å². The summed E-state index contributed by atoms with van der Waals surface area (Å²) in [5.41, 5.74) is 1.77. The van der Waals surface area contributed by atoms with Crippen molar-refractivity contribution in [2.75, 3.05) is 32.8 Å². The lowest BCUT2D eigenvalue weighted by molar-refractivity contribution is 0.0374. The Morgan fingerprint density at radius 1 is 1.26 bits per heavy atom. The van der Waals surface area contributed by atoms with Gasteiger partial charge in [0.15, 0.2) is 0 Å². The van der Waals surface area contributed by atoms with Gasteiger partial charge < -0.3 is 14.3 Å². The van der Waals surface area contributed by atoms with Gasteiger partial charge in [-0.15, -0.1) is 0 Å². The molecule has 19 heavy (non-hydrogen) atoms. The van der Waals surface area contributed by atoms with Crippen LogP contribution in [0.25, 0.3) is 10.9 Å². The number of pyridine rings is 1. The van der Waals surface area contributed by atoms with E-state index in [0.29, 0.717) is 5.39 Å². The van der Waals surface area contributed by atoms with E-state index in [1.807, 2.05) is 12.1 Å². The number of ether oxygens (including phenoxy) is 1. The average Bonchev–Trinajstić information content (AvgIpc) is 2.81. The molecule has 0 radical (unpaired) electrons. The van der Waals surface area contributed by atoms with Crippen molar-refractivity contribution in [2.24, 2.45) is 0 Å². The number of fused-ring (bicyclic) bond motifs is 1. The van der Waals surface area contributed by atoms with Crippen LogP contribution in [0.4, 0.5) is 0 Å². The second-order valence-corrected chi connectivity index (χ2v) is 4.83. The summed E-state index contributed by atoms with van der Waals surface area (Å²) in [4.78, 5) is 6.90. The van der Waals surface area contributed by atoms with Crippen LogP contribution in [0.2, 0.25) is 0 Å². The average molecular weight is 262 g/mol. The van der Waals surface area contributed by atoms with E-state index in [-0.39, 0.29) is 5.95 Å². The number of aryl methyl sites for hydroxylation is 1. The summed E-state index contributed by atoms with van der Waals surface area (Å²) < 4.78 is 10.3. The fourth-order valence-corrected chi connectivity index (χ4v) is 2.41. The smallest absolute Gasteiger partial charge is 0.291 e. The second kappa shape index (κ2) is 5.59. The Hall–Kier alpha value is -1.59. The van der Waals surface area contributed by atoms with Gasteiger partial charge in [0.05, 0.1) is 18.6 Å². The number of morpholine rings is 1. The van der Waals surface area contributed by atoms with E-state index < -0.39 is 0 Å². The minimum atomic E-state index is -0.0534. The van der Waals surface area contributed by atoms with Crippen molar-refractivity contribution in [1.82, 2.24) is 9.88 Å². The number of rotatable bonds is 4. The van der Waals surface area contributed by atoms with E-state index in [1.54, 1.807) is 0 Å². The van der Waals surface area contributed by atoms with E-state index in [4.69, 9.17) is 9.15 Å². The molecule has 1 saturated heterocycles. The maximum Gasteiger partial charge on any atom is 0.291 e. The highest BCUT2D eigenvalue weighted by molar-refractivity contribution is 5.82. The maximum atomic E-state index is 9.42. The molecule has 1 aliphatic heterocycles. The van der Waals surface area contributed by atoms with Gasteiger partial charge in [-0.25, -0.2) is 4.98 Å². The minimum absolute atomic E-state index is 0.0534. The summed E-state index contributed by atoms with van der Waals surface area (Å²) in [5, 5.41) is 10.1. The molecule has 1 N–H and O–H groups in total. The minimum Gasteiger partial charge on any atom is -0.480 e. The van der Waals surface area contributed by atoms with Gasteiger partial charge in [0.25, 0.3) is 5.95 Å². The van der Waals surface area contributed by atoms with Crippen molar-refractivity contribution >= 4 is 10.9 Å². The van der Waals surface area contributed by atoms with Crippen molar-refractivity contribution in [3.05, 3.63) is 24.1 Å². The third kappa shape index (κ3) is 2.88. The standard InChI is InChI=1S/C14H18N2O3/c17-14-12-4-3-11(15-13(12)10-19-14)2-1-5-16-6-8-18-9-7-16/h3-4,10,17H,1-2,5-9H2. The zero-order valence-electron chi connectivity index (χ0n) is 10.8. The molecule has 102 valence electrons. The molecule has 3 heterocycles. The van der Waals surface area contributed by atoms with Crippen molar-refractivity contribution in [3.8, 4) is 5.95 Å². The highest BCUT2D eigenvalue weighted by atomic mass is 16.5. The van der Waals surface area contributed by atoms with Gasteiger partial charge in [-0.1, -0.05) is 0 Å². The first kappa shape index (κ1) is 12.4. The molecule has 0 unspecified atom stereocenters. The Kier molecular flexibility index (Phi) is 3.66. The highest BCUT2D eigenvalue weighted by Crippen LogP contribution is 2.25. The molecule has 0 saturated carbocycles. The van der Waals surface area contributed by atoms with Gasteiger partial charge in [0, 0.05) is 18.8 Å². The zero-order valence-corrected chi connectivity index (χ0v) is 10.8. The van der Waals surface area contributed by atoms with Crippen LogP contribution >= 0.6 is 0 Å². The molecule has 0 spiro atoms. The number of hydrogen-bond acceptors (Lipinski definition) is 5. The van der Waals surface area contributed by atoms with Crippen LogP contribution in [-0.2, 0) is 11.2 Å². The van der Waals surface area contributed by atoms with E-state index in [9.17, 15) is 5.11 Å². The van der Waals surface area contributed by atoms with Gasteiger partial charge in [-0.05, 0) is 31.5 Å². The Labute approximate surface area is 111 Å². The summed E-state index contributed by atoms with van der Waals surface area (Å²) in [6.07, 6.45) is 3.53. The fourth-order valence-electron chi connectivity index (χ4n) is 2.41. The second-order valence-electron chi connectivity index (χ2n) is 4.83. The SMILES string of the molecule is Oc1occ2nc(CCCN3CCOCC3)ccc12. The van der Waals surface area contributed by atoms with Gasteiger partial charge in [0.2, 0.25) is 0 Å². The molecule has 0 aromatic carbocycles. The van der Waals surface area contributed by atoms with Gasteiger partial charge >= 0.3 is 0 Å². The number of furan rings is 1. The Morgan fingerprint density at radius 3 is 2.95 bits per heavy atom. The third-order valence-corrected chi connectivity index (χ3v) is 3.51. The lowest BCUT2D eigenvalue weighted by Gasteiger charge is -2.26. The Bertz CT molecular complexity index is 547. The first-order chi connectivity index (χ1) is 9.33. The largest absolute Gasteiger partial charge is 0.480 e. The molecule has 5 nitrogen and oxygen atoms in total. The van der Waals surface area contributed by atoms with Gasteiger partial charge in [0.1, 0.15) is 11.8 Å². The maximum absolute atomic E-state index is 9.42. The zero-order chi connectivity index (χ0) is 13.1. The summed E-state index contributed by atoms with van der Waals surface area (Å²) in [6, 6.07) is 3.82. The topological polar surface area (TPSA) is 58.7 Å². The Balaban J connectivity index is 1.56. The third-order valence-electron chi connectivity index (χ3n) is 3.51. The van der Waals surface area contributed by atoms with Crippen molar-refractivity contribution in [1.29, 1.82) is 0 Å². The van der Waals surface area contributed by atoms with Gasteiger partial charge in [-0.3, -0.25) is 4.90 Å². The molecular formula is C14H18N2O3. The monoisotopic (exact) mass is 262 g/mol. The van der Waals surface area contributed by atoms with Crippen LogP contribution in [0.1, 0.15) is 12.1 Å². The summed E-state index contributed by atoms with van der Waals surface area (Å²) >= 11 is 0. The van der Waals surface area contributed by atoms with Crippen LogP contribution in [-0.4, -0.2) is 47.8 Å². The van der Waals surface area contributed by atoms with Crippen LogP contribution in [0.5, 0.6) is 5.95 Å². The molecular weight excluding hydrogens is 244 g/mol. The number of aromatic nitrogens is 1. The molecule has 1 fully saturated rings. The first-order valence-corrected chi connectivity index (χ1v) is 6.69. The van der Waals surface area contributed by atoms with Crippen LogP contribution in [0, 0.1) is 0 Å². The molecule has 5 heteroatoms. The molecule has 1 aliphatic rings. The number of nitrogens with zero attached hydrogens (tertiary/aromatic N) is 2. The molecule has 0 aliphatic carbocycles. The van der Waals surface area contributed by atoms with Crippen LogP contribution in [0.15, 0.2) is 22.8 Å². The van der Waals surface area contributed by atoms with Crippen molar-refractivity contribution < 1.29 is 14.3 Å². The fraction of sp³-hybridized carbons (Fsp3) is 0.500. The van der Waals surface area contributed by atoms with E-state index >= 15 is 0 Å². The first-order valence-electron chi connectivity index (χ1n) is 6.69. The van der Waals surface area contributed by atoms with E-state index in [2.05, 4.69) is 9.88 Å². The lowest BCUT2D eigenvalue weighted by atomic mass is 10.2. The molecule has 0 amide bonds. The quantitative estimate of drug-likeness (QED) is 0.910. The van der Waals surface area contributed by atoms with Crippen LogP contribution in [0.3, 0.4) is 0 Å². The van der Waals surface area contributed by atoms with E-state index in [1.165, 1.54) is 6.26 Å². The molecule has 3 rings (SSSR count). The van der Waals surface area contributed by atoms with Gasteiger partial charge in [-0.2, -0.15) is 0 Å². The number of hydrogen-bond donors (Lipinski definition) is 1. The number of aromatic hydroxyl groups is 1. The highest BCUT2D eigenvalue weighted by Gasteiger charge is 2.10. The lowest BCUT2D eigenvalue weighted by Crippen LogP contribution is -2.36. The summed E-state index contributed by atoms with van der Waals surface area (Å²) in [5.74, 6) is -0.0534. The van der Waals surface area contributed by atoms with Crippen LogP contribution < -0.4 is 0 Å². The van der Waals surface area contributed by atoms with Crippen molar-refractivity contribution in [3.63, 3.8) is 0 Å². The Morgan fingerprint density at radius 2 is 2.11 bits per heavy atom. The normalized spacial score (nSPS) is 17.1. The predicted octanol–water partition coefficient (Wildman–Crippen LogP) is 1.80. The summed E-state index contributed by atoms with van der Waals surface area (Å²) in [7, 11) is 0. The molecule has 2 aromatic rings. The predicted molar refractivity (Wildman–Crippen MR) is 71.3 cm³/mol. The summed E-state index contributed by atoms with van der Waals surface area (Å²) in [6.45, 7) is 4.83. The molecule has 0 atom stereocenters.